The van der Waals surface area contributed by atoms with E-state index in [1.165, 1.54) is 22.8 Å². The van der Waals surface area contributed by atoms with Crippen molar-refractivity contribution in [3.8, 4) is 28.6 Å². The van der Waals surface area contributed by atoms with E-state index in [-0.39, 0.29) is 34.0 Å². The molecule has 0 aliphatic rings. The summed E-state index contributed by atoms with van der Waals surface area (Å²) < 4.78 is 20.4. The van der Waals surface area contributed by atoms with Crippen LogP contribution in [-0.4, -0.2) is 19.8 Å². The molecule has 0 fully saturated rings. The lowest BCUT2D eigenvalue weighted by molar-refractivity contribution is 0.425. The van der Waals surface area contributed by atoms with Crippen molar-refractivity contribution in [3.05, 3.63) is 75.8 Å². The van der Waals surface area contributed by atoms with Gasteiger partial charge in [0.15, 0.2) is 0 Å². The van der Waals surface area contributed by atoms with E-state index in [1.807, 2.05) is 0 Å². The van der Waals surface area contributed by atoms with E-state index in [0.717, 1.165) is 0 Å². The van der Waals surface area contributed by atoms with Crippen molar-refractivity contribution in [2.45, 2.75) is 6.54 Å². The van der Waals surface area contributed by atoms with E-state index in [0.29, 0.717) is 16.5 Å². The van der Waals surface area contributed by atoms with Crippen molar-refractivity contribution < 1.29 is 14.0 Å². The van der Waals surface area contributed by atoms with Gasteiger partial charge in [-0.1, -0.05) is 23.4 Å². The number of aromatic hydroxyl groups is 1. The average Bonchev–Trinajstić information content (AvgIpc) is 3.17. The lowest BCUT2D eigenvalue weighted by atomic mass is 10.1. The molecule has 0 radical (unpaired) electrons. The van der Waals surface area contributed by atoms with E-state index < -0.39 is 11.4 Å². The smallest absolute Gasteiger partial charge is 0.268 e. The number of halogens is 2. The summed E-state index contributed by atoms with van der Waals surface area (Å²) >= 11 is 3.11. The van der Waals surface area contributed by atoms with E-state index in [4.69, 9.17) is 4.52 Å². The molecule has 4 aromatic rings. The molecule has 0 atom stereocenters. The molecule has 0 aliphatic carbocycles. The highest BCUT2D eigenvalue weighted by molar-refractivity contribution is 9.10. The fourth-order valence-corrected chi connectivity index (χ4v) is 3.35. The van der Waals surface area contributed by atoms with E-state index in [1.54, 1.807) is 30.3 Å². The van der Waals surface area contributed by atoms with Crippen LogP contribution in [0.15, 0.2) is 68.9 Å². The summed E-state index contributed by atoms with van der Waals surface area (Å²) in [7, 11) is 0. The van der Waals surface area contributed by atoms with E-state index >= 15 is 0 Å². The first-order valence-corrected chi connectivity index (χ1v) is 9.05. The van der Waals surface area contributed by atoms with Crippen LogP contribution in [0.3, 0.4) is 0 Å². The largest absolute Gasteiger partial charge is 0.506 e. The highest BCUT2D eigenvalue weighted by atomic mass is 79.9. The van der Waals surface area contributed by atoms with Crippen LogP contribution >= 0.6 is 15.9 Å². The number of hydrogen-bond acceptors (Lipinski definition) is 5. The summed E-state index contributed by atoms with van der Waals surface area (Å²) in [6, 6.07) is 11.2. The minimum absolute atomic E-state index is 0.0968. The first-order valence-electron chi connectivity index (χ1n) is 8.26. The topological polar surface area (TPSA) is 81.2 Å². The number of benzene rings is 2. The fraction of sp³-hybridized carbons (Fsp3) is 0.0500. The summed E-state index contributed by atoms with van der Waals surface area (Å²) in [5.41, 5.74) is 0.484. The van der Waals surface area contributed by atoms with Gasteiger partial charge in [-0.25, -0.2) is 4.39 Å². The summed E-state index contributed by atoms with van der Waals surface area (Å²) in [5, 5.41) is 15.1. The van der Waals surface area contributed by atoms with E-state index in [2.05, 4.69) is 32.6 Å². The van der Waals surface area contributed by atoms with Gasteiger partial charge in [0.2, 0.25) is 5.82 Å². The molecule has 0 bridgehead atoms. The van der Waals surface area contributed by atoms with Crippen LogP contribution in [0.4, 0.5) is 4.39 Å². The Bertz CT molecular complexity index is 1280. The van der Waals surface area contributed by atoms with Crippen LogP contribution in [0, 0.1) is 5.82 Å². The van der Waals surface area contributed by atoms with Gasteiger partial charge in [-0.3, -0.25) is 4.79 Å². The van der Waals surface area contributed by atoms with Crippen LogP contribution in [-0.2, 0) is 6.54 Å². The summed E-state index contributed by atoms with van der Waals surface area (Å²) in [4.78, 5) is 17.2. The van der Waals surface area contributed by atoms with Crippen molar-refractivity contribution in [1.82, 2.24) is 14.7 Å². The zero-order valence-corrected chi connectivity index (χ0v) is 16.0. The Morgan fingerprint density at radius 2 is 2.07 bits per heavy atom. The number of aromatic nitrogens is 3. The van der Waals surface area contributed by atoms with Gasteiger partial charge in [-0.05, 0) is 46.3 Å². The minimum Gasteiger partial charge on any atom is -0.506 e. The Morgan fingerprint density at radius 3 is 2.82 bits per heavy atom. The predicted octanol–water partition coefficient (Wildman–Crippen LogP) is 4.51. The molecule has 1 N–H and O–H groups in total. The van der Waals surface area contributed by atoms with Crippen molar-refractivity contribution in [3.63, 3.8) is 0 Å². The number of rotatable bonds is 4. The number of hydrogen-bond donors (Lipinski definition) is 1. The molecule has 0 amide bonds. The van der Waals surface area contributed by atoms with Gasteiger partial charge < -0.3 is 14.2 Å². The summed E-state index contributed by atoms with van der Waals surface area (Å²) in [6.45, 7) is 3.93. The molecule has 2 aromatic carbocycles. The summed E-state index contributed by atoms with van der Waals surface area (Å²) in [5.74, 6) is -0.622. The van der Waals surface area contributed by atoms with Gasteiger partial charge in [0.05, 0.1) is 9.99 Å². The van der Waals surface area contributed by atoms with Gasteiger partial charge in [0, 0.05) is 17.5 Å². The molecule has 8 heteroatoms. The molecule has 6 nitrogen and oxygen atoms in total. The van der Waals surface area contributed by atoms with Crippen LogP contribution in [0.1, 0.15) is 0 Å². The van der Waals surface area contributed by atoms with Crippen molar-refractivity contribution in [1.29, 1.82) is 0 Å². The Balaban J connectivity index is 1.93. The number of allylic oxidation sites excluding steroid dienone is 1. The second kappa shape index (κ2) is 7.05. The van der Waals surface area contributed by atoms with Crippen molar-refractivity contribution in [2.75, 3.05) is 0 Å². The Labute approximate surface area is 166 Å². The molecule has 28 heavy (non-hydrogen) atoms. The zero-order chi connectivity index (χ0) is 19.8. The van der Waals surface area contributed by atoms with Crippen LogP contribution < -0.4 is 5.56 Å². The van der Waals surface area contributed by atoms with Gasteiger partial charge in [-0.2, -0.15) is 4.98 Å². The van der Waals surface area contributed by atoms with Gasteiger partial charge in [0.25, 0.3) is 11.4 Å². The van der Waals surface area contributed by atoms with Crippen LogP contribution in [0.2, 0.25) is 0 Å². The number of nitrogens with zero attached hydrogens (tertiary/aromatic N) is 3. The number of fused-ring (bicyclic) bond motifs is 1. The average molecular weight is 442 g/mol. The molecule has 0 saturated heterocycles. The number of para-hydroxylation sites is 1. The standard InChI is InChI=1S/C20H13BrFN3O3/c1-2-9-25-15-6-4-3-5-12(15)17(26)16(20(25)27)19-23-18(24-28-19)11-7-8-14(22)13(21)10-11/h2-8,10,26H,1,9H2. The highest BCUT2D eigenvalue weighted by Crippen LogP contribution is 2.33. The molecule has 140 valence electrons. The van der Waals surface area contributed by atoms with E-state index in [9.17, 15) is 14.3 Å². The quantitative estimate of drug-likeness (QED) is 0.471. The van der Waals surface area contributed by atoms with Gasteiger partial charge in [0.1, 0.15) is 17.1 Å². The minimum atomic E-state index is -0.480. The monoisotopic (exact) mass is 441 g/mol. The number of pyridine rings is 1. The lowest BCUT2D eigenvalue weighted by Gasteiger charge is -2.11. The maximum atomic E-state index is 13.5. The fourth-order valence-electron chi connectivity index (χ4n) is 2.97. The second-order valence-corrected chi connectivity index (χ2v) is 6.85. The third kappa shape index (κ3) is 2.91. The van der Waals surface area contributed by atoms with Crippen molar-refractivity contribution >= 4 is 26.8 Å². The van der Waals surface area contributed by atoms with Crippen molar-refractivity contribution in [2.24, 2.45) is 0 Å². The Hall–Kier alpha value is -3.26. The summed E-state index contributed by atoms with van der Waals surface area (Å²) in [6.07, 6.45) is 1.59. The normalized spacial score (nSPS) is 11.1. The lowest BCUT2D eigenvalue weighted by Crippen LogP contribution is -2.22. The van der Waals surface area contributed by atoms with Crippen LogP contribution in [0.25, 0.3) is 33.7 Å². The van der Waals surface area contributed by atoms with Gasteiger partial charge >= 0.3 is 0 Å². The molecule has 2 aromatic heterocycles. The molecular weight excluding hydrogens is 429 g/mol. The molecule has 4 rings (SSSR count). The molecule has 0 unspecified atom stereocenters. The third-order valence-corrected chi connectivity index (χ3v) is 4.88. The first-order chi connectivity index (χ1) is 13.5. The molecule has 0 spiro atoms. The second-order valence-electron chi connectivity index (χ2n) is 6.00. The molecule has 2 heterocycles. The predicted molar refractivity (Wildman–Crippen MR) is 106 cm³/mol. The Kier molecular flexibility index (Phi) is 4.56. The zero-order valence-electron chi connectivity index (χ0n) is 14.4. The Morgan fingerprint density at radius 1 is 1.29 bits per heavy atom. The van der Waals surface area contributed by atoms with Crippen LogP contribution in [0.5, 0.6) is 5.75 Å². The SMILES string of the molecule is C=CCn1c(=O)c(-c2nc(-c3ccc(F)c(Br)c3)no2)c(O)c2ccccc21. The molecular formula is C20H13BrFN3O3. The first kappa shape index (κ1) is 18.1. The molecule has 0 saturated carbocycles. The maximum absolute atomic E-state index is 13.5. The maximum Gasteiger partial charge on any atom is 0.268 e. The van der Waals surface area contributed by atoms with Gasteiger partial charge in [-0.15, -0.1) is 6.58 Å². The highest BCUT2D eigenvalue weighted by Gasteiger charge is 2.23. The third-order valence-electron chi connectivity index (χ3n) is 4.28. The molecule has 0 aliphatic heterocycles.